The normalized spacial score (nSPS) is 10.1. The fraction of sp³-hybridized carbons (Fsp3) is 0. The molecule has 2 aromatic rings. The number of benzene rings is 2. The number of carbonyl (C=O) groups is 1. The molecular formula is C13H11BrN2O2. The van der Waals surface area contributed by atoms with Crippen LogP contribution in [0.5, 0.6) is 11.5 Å². The zero-order valence-electron chi connectivity index (χ0n) is 9.39. The number of nitrogen functional groups attached to an aromatic ring is 1. The summed E-state index contributed by atoms with van der Waals surface area (Å²) in [5.74, 6) is 0.671. The molecule has 0 aromatic heterocycles. The van der Waals surface area contributed by atoms with Crippen LogP contribution in [0.25, 0.3) is 0 Å². The summed E-state index contributed by atoms with van der Waals surface area (Å²) in [6.07, 6.45) is 0. The maximum Gasteiger partial charge on any atom is 0.248 e. The maximum absolute atomic E-state index is 10.9. The van der Waals surface area contributed by atoms with Crippen molar-refractivity contribution < 1.29 is 9.53 Å². The van der Waals surface area contributed by atoms with Crippen LogP contribution in [0.15, 0.2) is 46.9 Å². The van der Waals surface area contributed by atoms with Crippen LogP contribution in [-0.4, -0.2) is 5.91 Å². The Bertz CT molecular complexity index is 582. The maximum atomic E-state index is 10.9. The van der Waals surface area contributed by atoms with Crippen LogP contribution in [0.3, 0.4) is 0 Å². The zero-order chi connectivity index (χ0) is 13.1. The molecule has 1 amide bonds. The van der Waals surface area contributed by atoms with E-state index in [-0.39, 0.29) is 0 Å². The van der Waals surface area contributed by atoms with E-state index in [9.17, 15) is 4.79 Å². The van der Waals surface area contributed by atoms with Crippen LogP contribution in [0.1, 0.15) is 10.4 Å². The molecule has 5 heteroatoms. The fourth-order valence-corrected chi connectivity index (χ4v) is 1.75. The van der Waals surface area contributed by atoms with Gasteiger partial charge in [0.1, 0.15) is 5.75 Å². The Hall–Kier alpha value is -2.01. The largest absolute Gasteiger partial charge is 0.455 e. The Morgan fingerprint density at radius 2 is 1.78 bits per heavy atom. The third-order valence-electron chi connectivity index (χ3n) is 2.34. The van der Waals surface area contributed by atoms with Crippen LogP contribution in [0.2, 0.25) is 0 Å². The molecule has 18 heavy (non-hydrogen) atoms. The summed E-state index contributed by atoms with van der Waals surface area (Å²) in [7, 11) is 0. The minimum absolute atomic E-state index is 0.435. The van der Waals surface area contributed by atoms with Crippen LogP contribution in [-0.2, 0) is 0 Å². The van der Waals surface area contributed by atoms with Crippen molar-refractivity contribution in [3.8, 4) is 11.5 Å². The van der Waals surface area contributed by atoms with E-state index in [1.54, 1.807) is 36.4 Å². The van der Waals surface area contributed by atoms with Gasteiger partial charge in [0.15, 0.2) is 5.75 Å². The van der Waals surface area contributed by atoms with E-state index >= 15 is 0 Å². The first-order chi connectivity index (χ1) is 8.56. The van der Waals surface area contributed by atoms with Crippen molar-refractivity contribution in [1.82, 2.24) is 0 Å². The van der Waals surface area contributed by atoms with Crippen LogP contribution < -0.4 is 16.2 Å². The molecule has 2 aromatic carbocycles. The molecule has 0 saturated heterocycles. The second-order valence-corrected chi connectivity index (χ2v) is 4.59. The molecule has 4 N–H and O–H groups in total. The summed E-state index contributed by atoms with van der Waals surface area (Å²) in [6, 6.07) is 11.9. The second kappa shape index (κ2) is 5.10. The predicted octanol–water partition coefficient (Wildman–Crippen LogP) is 2.92. The summed E-state index contributed by atoms with van der Waals surface area (Å²) < 4.78 is 6.49. The van der Waals surface area contributed by atoms with Gasteiger partial charge in [0.25, 0.3) is 0 Å². The topological polar surface area (TPSA) is 78.3 Å². The van der Waals surface area contributed by atoms with Gasteiger partial charge in [-0.25, -0.2) is 0 Å². The molecular weight excluding hydrogens is 296 g/mol. The number of amides is 1. The lowest BCUT2D eigenvalue weighted by molar-refractivity contribution is 0.100. The van der Waals surface area contributed by atoms with Crippen LogP contribution >= 0.6 is 15.9 Å². The highest BCUT2D eigenvalue weighted by Gasteiger charge is 2.04. The van der Waals surface area contributed by atoms with Gasteiger partial charge in [0.05, 0.1) is 5.69 Å². The SMILES string of the molecule is NC(=O)c1ccc(Oc2cc(Br)ccc2N)cc1. The first kappa shape index (κ1) is 12.4. The van der Waals surface area contributed by atoms with Gasteiger partial charge in [-0.05, 0) is 42.5 Å². The Morgan fingerprint density at radius 1 is 1.11 bits per heavy atom. The first-order valence-corrected chi connectivity index (χ1v) is 5.98. The first-order valence-electron chi connectivity index (χ1n) is 5.19. The number of rotatable bonds is 3. The lowest BCUT2D eigenvalue weighted by Gasteiger charge is -2.09. The van der Waals surface area contributed by atoms with Gasteiger partial charge in [-0.15, -0.1) is 0 Å². The van der Waals surface area contributed by atoms with Crippen molar-refractivity contribution in [3.63, 3.8) is 0 Å². The molecule has 92 valence electrons. The molecule has 0 radical (unpaired) electrons. The summed E-state index contributed by atoms with van der Waals surface area (Å²) in [5.41, 5.74) is 11.9. The number of primary amides is 1. The lowest BCUT2D eigenvalue weighted by Crippen LogP contribution is -2.10. The molecule has 0 aliphatic rings. The van der Waals surface area contributed by atoms with Gasteiger partial charge in [-0.2, -0.15) is 0 Å². The van der Waals surface area contributed by atoms with E-state index in [1.807, 2.05) is 6.07 Å². The van der Waals surface area contributed by atoms with E-state index in [0.29, 0.717) is 22.7 Å². The number of nitrogens with two attached hydrogens (primary N) is 2. The average Bonchev–Trinajstić information content (AvgIpc) is 2.34. The van der Waals surface area contributed by atoms with Gasteiger partial charge in [0, 0.05) is 10.0 Å². The van der Waals surface area contributed by atoms with Crippen molar-refractivity contribution in [2.24, 2.45) is 5.73 Å². The van der Waals surface area contributed by atoms with Gasteiger partial charge < -0.3 is 16.2 Å². The minimum Gasteiger partial charge on any atom is -0.455 e. The smallest absolute Gasteiger partial charge is 0.248 e. The van der Waals surface area contributed by atoms with Gasteiger partial charge in [0.2, 0.25) is 5.91 Å². The Morgan fingerprint density at radius 3 is 2.39 bits per heavy atom. The highest BCUT2D eigenvalue weighted by Crippen LogP contribution is 2.30. The quantitative estimate of drug-likeness (QED) is 0.856. The number of ether oxygens (including phenoxy) is 1. The zero-order valence-corrected chi connectivity index (χ0v) is 11.0. The van der Waals surface area contributed by atoms with Crippen molar-refractivity contribution in [2.45, 2.75) is 0 Å². The molecule has 0 heterocycles. The highest BCUT2D eigenvalue weighted by molar-refractivity contribution is 9.10. The van der Waals surface area contributed by atoms with E-state index in [4.69, 9.17) is 16.2 Å². The monoisotopic (exact) mass is 306 g/mol. The van der Waals surface area contributed by atoms with Crippen molar-refractivity contribution in [1.29, 1.82) is 0 Å². The van der Waals surface area contributed by atoms with E-state index in [2.05, 4.69) is 15.9 Å². The molecule has 0 fully saturated rings. The molecule has 4 nitrogen and oxygen atoms in total. The number of carbonyl (C=O) groups excluding carboxylic acids is 1. The van der Waals surface area contributed by atoms with Gasteiger partial charge in [-0.1, -0.05) is 15.9 Å². The summed E-state index contributed by atoms with van der Waals surface area (Å²) in [4.78, 5) is 10.9. The van der Waals surface area contributed by atoms with E-state index in [0.717, 1.165) is 4.47 Å². The van der Waals surface area contributed by atoms with E-state index in [1.165, 1.54) is 0 Å². The van der Waals surface area contributed by atoms with Crippen molar-refractivity contribution >= 4 is 27.5 Å². The van der Waals surface area contributed by atoms with Crippen molar-refractivity contribution in [2.75, 3.05) is 5.73 Å². The number of hydrogen-bond acceptors (Lipinski definition) is 3. The predicted molar refractivity (Wildman–Crippen MR) is 73.6 cm³/mol. The fourth-order valence-electron chi connectivity index (χ4n) is 1.41. The molecule has 0 aliphatic carbocycles. The third-order valence-corrected chi connectivity index (χ3v) is 2.84. The molecule has 0 aliphatic heterocycles. The van der Waals surface area contributed by atoms with Gasteiger partial charge in [-0.3, -0.25) is 4.79 Å². The third kappa shape index (κ3) is 2.81. The summed E-state index contributed by atoms with van der Waals surface area (Å²) >= 11 is 3.34. The molecule has 0 saturated carbocycles. The summed E-state index contributed by atoms with van der Waals surface area (Å²) in [5, 5.41) is 0. The standard InChI is InChI=1S/C13H11BrN2O2/c14-9-3-6-11(15)12(7-9)18-10-4-1-8(2-5-10)13(16)17/h1-7H,15H2,(H2,16,17). The number of hydrogen-bond donors (Lipinski definition) is 2. The lowest BCUT2D eigenvalue weighted by atomic mass is 10.2. The summed E-state index contributed by atoms with van der Waals surface area (Å²) in [6.45, 7) is 0. The molecule has 0 bridgehead atoms. The molecule has 2 rings (SSSR count). The van der Waals surface area contributed by atoms with Gasteiger partial charge >= 0.3 is 0 Å². The highest BCUT2D eigenvalue weighted by atomic mass is 79.9. The number of halogens is 1. The molecule has 0 atom stereocenters. The Balaban J connectivity index is 2.23. The van der Waals surface area contributed by atoms with Crippen LogP contribution in [0.4, 0.5) is 5.69 Å². The molecule has 0 unspecified atom stereocenters. The molecule has 0 spiro atoms. The Labute approximate surface area is 113 Å². The van der Waals surface area contributed by atoms with Crippen LogP contribution in [0, 0.1) is 0 Å². The average molecular weight is 307 g/mol. The Kier molecular flexibility index (Phi) is 3.53. The van der Waals surface area contributed by atoms with Crippen molar-refractivity contribution in [3.05, 3.63) is 52.5 Å². The van der Waals surface area contributed by atoms with E-state index < -0.39 is 5.91 Å². The minimum atomic E-state index is -0.469. The number of anilines is 1. The second-order valence-electron chi connectivity index (χ2n) is 3.67.